The van der Waals surface area contributed by atoms with Crippen molar-refractivity contribution in [2.24, 2.45) is 7.05 Å². The molecule has 0 saturated heterocycles. The molecule has 0 fully saturated rings. The van der Waals surface area contributed by atoms with Gasteiger partial charge in [-0.25, -0.2) is 4.98 Å². The third-order valence-corrected chi connectivity index (χ3v) is 2.54. The third-order valence-electron chi connectivity index (χ3n) is 2.54. The van der Waals surface area contributed by atoms with Gasteiger partial charge in [0.2, 0.25) is 0 Å². The summed E-state index contributed by atoms with van der Waals surface area (Å²) in [6.07, 6.45) is 4.81. The number of ether oxygens (including phenoxy) is 1. The van der Waals surface area contributed by atoms with Crippen LogP contribution in [0.5, 0.6) is 0 Å². The van der Waals surface area contributed by atoms with Crippen molar-refractivity contribution >= 4 is 0 Å². The fraction of sp³-hybridized carbons (Fsp3) is 0.727. The highest BCUT2D eigenvalue weighted by Crippen LogP contribution is 2.10. The monoisotopic (exact) mass is 211 g/mol. The van der Waals surface area contributed by atoms with Crippen molar-refractivity contribution in [2.45, 2.75) is 32.4 Å². The molecule has 0 aliphatic heterocycles. The smallest absolute Gasteiger partial charge is 0.125 e. The van der Waals surface area contributed by atoms with Crippen molar-refractivity contribution in [3.63, 3.8) is 0 Å². The first-order valence-corrected chi connectivity index (χ1v) is 5.37. The zero-order chi connectivity index (χ0) is 11.3. The summed E-state index contributed by atoms with van der Waals surface area (Å²) in [5, 5.41) is 3.49. The molecule has 0 aromatic carbocycles. The number of methoxy groups -OCH3 is 1. The molecule has 1 aromatic heterocycles. The Labute approximate surface area is 91.7 Å². The van der Waals surface area contributed by atoms with Gasteiger partial charge in [-0.05, 0) is 20.3 Å². The number of nitrogens with one attached hydrogen (secondary N) is 1. The number of rotatable bonds is 6. The Kier molecular flexibility index (Phi) is 4.78. The fourth-order valence-corrected chi connectivity index (χ4v) is 1.67. The van der Waals surface area contributed by atoms with Gasteiger partial charge >= 0.3 is 0 Å². The Morgan fingerprint density at radius 2 is 2.27 bits per heavy atom. The predicted molar refractivity (Wildman–Crippen MR) is 60.7 cm³/mol. The molecular formula is C11H21N3O. The van der Waals surface area contributed by atoms with Gasteiger partial charge in [0, 0.05) is 39.2 Å². The minimum atomic E-state index is 0.275. The zero-order valence-electron chi connectivity index (χ0n) is 10.0. The molecular weight excluding hydrogens is 190 g/mol. The Bertz CT molecular complexity index is 285. The molecule has 2 atom stereocenters. The molecule has 1 N–H and O–H groups in total. The molecule has 0 spiro atoms. The first-order valence-electron chi connectivity index (χ1n) is 5.37. The lowest BCUT2D eigenvalue weighted by Gasteiger charge is -2.19. The van der Waals surface area contributed by atoms with E-state index in [9.17, 15) is 0 Å². The van der Waals surface area contributed by atoms with Gasteiger partial charge in [-0.15, -0.1) is 0 Å². The van der Waals surface area contributed by atoms with E-state index in [2.05, 4.69) is 24.1 Å². The van der Waals surface area contributed by atoms with E-state index >= 15 is 0 Å². The number of hydrogen-bond acceptors (Lipinski definition) is 3. The third kappa shape index (κ3) is 3.64. The lowest BCUT2D eigenvalue weighted by atomic mass is 10.2. The van der Waals surface area contributed by atoms with Crippen LogP contribution in [-0.2, 0) is 11.8 Å². The lowest BCUT2D eigenvalue weighted by Crippen LogP contribution is -2.31. The van der Waals surface area contributed by atoms with E-state index in [0.717, 1.165) is 18.9 Å². The Morgan fingerprint density at radius 3 is 2.80 bits per heavy atom. The SMILES string of the molecule is COCCC(C)NC(C)c1nccn1C. The second-order valence-electron chi connectivity index (χ2n) is 3.97. The van der Waals surface area contributed by atoms with E-state index in [1.54, 1.807) is 7.11 Å². The van der Waals surface area contributed by atoms with E-state index in [1.165, 1.54) is 0 Å². The van der Waals surface area contributed by atoms with Crippen molar-refractivity contribution in [1.82, 2.24) is 14.9 Å². The van der Waals surface area contributed by atoms with Gasteiger partial charge in [0.05, 0.1) is 6.04 Å². The van der Waals surface area contributed by atoms with Crippen LogP contribution in [0.4, 0.5) is 0 Å². The van der Waals surface area contributed by atoms with E-state index in [1.807, 2.05) is 24.0 Å². The minimum absolute atomic E-state index is 0.275. The molecule has 4 heteroatoms. The second kappa shape index (κ2) is 5.88. The van der Waals surface area contributed by atoms with E-state index in [-0.39, 0.29) is 6.04 Å². The first-order chi connectivity index (χ1) is 7.15. The molecule has 0 aliphatic rings. The summed E-state index contributed by atoms with van der Waals surface area (Å²) < 4.78 is 7.09. The highest BCUT2D eigenvalue weighted by molar-refractivity contribution is 4.97. The lowest BCUT2D eigenvalue weighted by molar-refractivity contribution is 0.182. The molecule has 2 unspecified atom stereocenters. The zero-order valence-corrected chi connectivity index (χ0v) is 10.0. The van der Waals surface area contributed by atoms with Crippen LogP contribution in [0.1, 0.15) is 32.1 Å². The van der Waals surface area contributed by atoms with E-state index < -0.39 is 0 Å². The van der Waals surface area contributed by atoms with Gasteiger partial charge < -0.3 is 14.6 Å². The molecule has 4 nitrogen and oxygen atoms in total. The molecule has 0 aliphatic carbocycles. The Morgan fingerprint density at radius 1 is 1.53 bits per heavy atom. The summed E-state index contributed by atoms with van der Waals surface area (Å²) in [5.41, 5.74) is 0. The normalized spacial score (nSPS) is 15.2. The summed E-state index contributed by atoms with van der Waals surface area (Å²) in [6, 6.07) is 0.716. The average molecular weight is 211 g/mol. The fourth-order valence-electron chi connectivity index (χ4n) is 1.67. The molecule has 0 radical (unpaired) electrons. The van der Waals surface area contributed by atoms with Crippen molar-refractivity contribution < 1.29 is 4.74 Å². The average Bonchev–Trinajstić information content (AvgIpc) is 2.61. The van der Waals surface area contributed by atoms with Crippen LogP contribution in [0, 0.1) is 0 Å². The van der Waals surface area contributed by atoms with Crippen LogP contribution in [0.25, 0.3) is 0 Å². The maximum absolute atomic E-state index is 5.05. The summed E-state index contributed by atoms with van der Waals surface area (Å²) in [5.74, 6) is 1.07. The van der Waals surface area contributed by atoms with Gasteiger partial charge in [0.15, 0.2) is 0 Å². The second-order valence-corrected chi connectivity index (χ2v) is 3.97. The van der Waals surface area contributed by atoms with Crippen molar-refractivity contribution in [1.29, 1.82) is 0 Å². The summed E-state index contributed by atoms with van der Waals surface area (Å²) >= 11 is 0. The highest BCUT2D eigenvalue weighted by Gasteiger charge is 2.12. The van der Waals surface area contributed by atoms with Crippen LogP contribution in [0.3, 0.4) is 0 Å². The van der Waals surface area contributed by atoms with Crippen molar-refractivity contribution in [3.8, 4) is 0 Å². The van der Waals surface area contributed by atoms with Crippen LogP contribution in [-0.4, -0.2) is 29.3 Å². The Balaban J connectivity index is 2.42. The first kappa shape index (κ1) is 12.2. The topological polar surface area (TPSA) is 39.1 Å². The largest absolute Gasteiger partial charge is 0.385 e. The summed E-state index contributed by atoms with van der Waals surface area (Å²) in [4.78, 5) is 4.32. The van der Waals surface area contributed by atoms with E-state index in [4.69, 9.17) is 4.74 Å². The van der Waals surface area contributed by atoms with Crippen LogP contribution >= 0.6 is 0 Å². The van der Waals surface area contributed by atoms with E-state index in [0.29, 0.717) is 6.04 Å². The Hall–Kier alpha value is -0.870. The molecule has 1 rings (SSSR count). The predicted octanol–water partition coefficient (Wildman–Crippen LogP) is 1.50. The standard InChI is InChI=1S/C11H21N3O/c1-9(5-8-15-4)13-10(2)11-12-6-7-14(11)3/h6-7,9-10,13H,5,8H2,1-4H3. The molecule has 15 heavy (non-hydrogen) atoms. The number of nitrogens with zero attached hydrogens (tertiary/aromatic N) is 2. The minimum Gasteiger partial charge on any atom is -0.385 e. The maximum atomic E-state index is 5.05. The molecule has 86 valence electrons. The highest BCUT2D eigenvalue weighted by atomic mass is 16.5. The number of aryl methyl sites for hydroxylation is 1. The molecule has 1 aromatic rings. The number of aromatic nitrogens is 2. The van der Waals surface area contributed by atoms with Crippen LogP contribution in [0.2, 0.25) is 0 Å². The molecule has 0 saturated carbocycles. The van der Waals surface area contributed by atoms with Crippen LogP contribution < -0.4 is 5.32 Å². The van der Waals surface area contributed by atoms with Gasteiger partial charge in [-0.3, -0.25) is 0 Å². The van der Waals surface area contributed by atoms with Crippen LogP contribution in [0.15, 0.2) is 12.4 Å². The summed E-state index contributed by atoms with van der Waals surface area (Å²) in [7, 11) is 3.75. The van der Waals surface area contributed by atoms with Crippen molar-refractivity contribution in [2.75, 3.05) is 13.7 Å². The number of imidazole rings is 1. The number of hydrogen-bond donors (Lipinski definition) is 1. The van der Waals surface area contributed by atoms with Gasteiger partial charge in [0.1, 0.15) is 5.82 Å². The summed E-state index contributed by atoms with van der Waals surface area (Å²) in [6.45, 7) is 5.09. The molecule has 0 amide bonds. The molecule has 0 bridgehead atoms. The maximum Gasteiger partial charge on any atom is 0.125 e. The van der Waals surface area contributed by atoms with Gasteiger partial charge in [0.25, 0.3) is 0 Å². The quantitative estimate of drug-likeness (QED) is 0.775. The van der Waals surface area contributed by atoms with Gasteiger partial charge in [-0.2, -0.15) is 0 Å². The molecule has 1 heterocycles. The van der Waals surface area contributed by atoms with Crippen molar-refractivity contribution in [3.05, 3.63) is 18.2 Å². The van der Waals surface area contributed by atoms with Gasteiger partial charge in [-0.1, -0.05) is 0 Å².